The summed E-state index contributed by atoms with van der Waals surface area (Å²) in [6.45, 7) is 5.76. The average molecular weight is 342 g/mol. The summed E-state index contributed by atoms with van der Waals surface area (Å²) in [5, 5.41) is 4.51. The predicted octanol–water partition coefficient (Wildman–Crippen LogP) is 2.57. The molecule has 2 aromatic rings. The Hall–Kier alpha value is -2.14. The second-order valence-corrected chi connectivity index (χ2v) is 7.12. The number of hydrogen-bond donors (Lipinski definition) is 1. The molecule has 25 heavy (non-hydrogen) atoms. The monoisotopic (exact) mass is 342 g/mol. The van der Waals surface area contributed by atoms with Crippen LogP contribution in [0.2, 0.25) is 0 Å². The number of ether oxygens (including phenoxy) is 1. The van der Waals surface area contributed by atoms with Crippen molar-refractivity contribution in [1.82, 2.24) is 9.88 Å². The van der Waals surface area contributed by atoms with Crippen LogP contribution in [-0.2, 0) is 16.1 Å². The molecule has 0 bridgehead atoms. The Balaban J connectivity index is 1.63. The van der Waals surface area contributed by atoms with Gasteiger partial charge in [-0.3, -0.25) is 9.59 Å². The van der Waals surface area contributed by atoms with Crippen molar-refractivity contribution in [3.8, 4) is 0 Å². The van der Waals surface area contributed by atoms with Crippen LogP contribution in [0.5, 0.6) is 0 Å². The highest BCUT2D eigenvalue weighted by atomic mass is 16.5. The van der Waals surface area contributed by atoms with Crippen LogP contribution in [0.25, 0.3) is 10.8 Å². The van der Waals surface area contributed by atoms with Gasteiger partial charge in [-0.25, -0.2) is 0 Å². The lowest BCUT2D eigenvalue weighted by Crippen LogP contribution is -2.42. The van der Waals surface area contributed by atoms with Gasteiger partial charge in [0.05, 0.1) is 6.10 Å². The Kier molecular flexibility index (Phi) is 5.53. The molecule has 1 amide bonds. The number of aromatic nitrogens is 1. The fourth-order valence-corrected chi connectivity index (χ4v) is 3.63. The molecule has 1 aromatic heterocycles. The van der Waals surface area contributed by atoms with E-state index in [-0.39, 0.29) is 24.1 Å². The summed E-state index contributed by atoms with van der Waals surface area (Å²) in [6, 6.07) is 9.29. The van der Waals surface area contributed by atoms with Crippen molar-refractivity contribution in [3.05, 3.63) is 46.9 Å². The number of nitrogens with zero attached hydrogens (tertiary/aromatic N) is 1. The molecule has 1 saturated heterocycles. The van der Waals surface area contributed by atoms with Gasteiger partial charge in [-0.1, -0.05) is 32.0 Å². The summed E-state index contributed by atoms with van der Waals surface area (Å²) in [4.78, 5) is 24.8. The Morgan fingerprint density at radius 3 is 2.92 bits per heavy atom. The van der Waals surface area contributed by atoms with Gasteiger partial charge in [-0.15, -0.1) is 0 Å². The molecule has 5 nitrogen and oxygen atoms in total. The highest BCUT2D eigenvalue weighted by Gasteiger charge is 2.28. The molecule has 0 aliphatic carbocycles. The topological polar surface area (TPSA) is 60.3 Å². The lowest BCUT2D eigenvalue weighted by molar-refractivity contribution is -0.122. The summed E-state index contributed by atoms with van der Waals surface area (Å²) < 4.78 is 7.33. The van der Waals surface area contributed by atoms with Crippen molar-refractivity contribution in [2.24, 2.45) is 11.8 Å². The van der Waals surface area contributed by atoms with Crippen LogP contribution in [0.3, 0.4) is 0 Å². The zero-order chi connectivity index (χ0) is 17.8. The molecule has 1 fully saturated rings. The van der Waals surface area contributed by atoms with Gasteiger partial charge in [0.15, 0.2) is 0 Å². The first kappa shape index (κ1) is 17.7. The Morgan fingerprint density at radius 1 is 1.32 bits per heavy atom. The van der Waals surface area contributed by atoms with Crippen molar-refractivity contribution < 1.29 is 9.53 Å². The van der Waals surface area contributed by atoms with Crippen LogP contribution in [0.1, 0.15) is 26.7 Å². The second-order valence-electron chi connectivity index (χ2n) is 7.12. The number of rotatable bonds is 5. The number of carbonyl (C=O) groups excluding carboxylic acids is 1. The van der Waals surface area contributed by atoms with E-state index in [9.17, 15) is 9.59 Å². The van der Waals surface area contributed by atoms with E-state index in [0.29, 0.717) is 23.8 Å². The van der Waals surface area contributed by atoms with Crippen molar-refractivity contribution in [2.45, 2.75) is 39.3 Å². The molecule has 1 N–H and O–H groups in total. The third-order valence-corrected chi connectivity index (χ3v) is 4.91. The first-order chi connectivity index (χ1) is 12.1. The Bertz CT molecular complexity index is 797. The van der Waals surface area contributed by atoms with Crippen molar-refractivity contribution >= 4 is 16.7 Å². The fraction of sp³-hybridized carbons (Fsp3) is 0.500. The number of benzene rings is 1. The minimum Gasteiger partial charge on any atom is -0.378 e. The number of amides is 1. The van der Waals surface area contributed by atoms with Crippen LogP contribution < -0.4 is 10.9 Å². The average Bonchev–Trinajstić information content (AvgIpc) is 2.63. The molecule has 0 spiro atoms. The maximum absolute atomic E-state index is 12.5. The SMILES string of the molecule is CC(C)[C@@H]1OCCC[C@H]1CNC(=O)Cn1ccc2ccccc2c1=O. The zero-order valence-corrected chi connectivity index (χ0v) is 14.9. The molecule has 5 heteroatoms. The smallest absolute Gasteiger partial charge is 0.258 e. The molecule has 0 saturated carbocycles. The number of fused-ring (bicyclic) bond motifs is 1. The molecule has 2 atom stereocenters. The lowest BCUT2D eigenvalue weighted by Gasteiger charge is -2.34. The van der Waals surface area contributed by atoms with Crippen LogP contribution >= 0.6 is 0 Å². The van der Waals surface area contributed by atoms with Gasteiger partial charge in [0, 0.05) is 30.7 Å². The zero-order valence-electron chi connectivity index (χ0n) is 14.9. The van der Waals surface area contributed by atoms with Crippen molar-refractivity contribution in [1.29, 1.82) is 0 Å². The summed E-state index contributed by atoms with van der Waals surface area (Å²) in [7, 11) is 0. The van der Waals surface area contributed by atoms with Crippen molar-refractivity contribution in [3.63, 3.8) is 0 Å². The molecule has 1 aliphatic heterocycles. The van der Waals surface area contributed by atoms with Gasteiger partial charge in [-0.2, -0.15) is 0 Å². The quantitative estimate of drug-likeness (QED) is 0.908. The molecule has 3 rings (SSSR count). The third kappa shape index (κ3) is 4.10. The minimum absolute atomic E-state index is 0.0452. The van der Waals surface area contributed by atoms with Gasteiger partial charge in [0.2, 0.25) is 5.91 Å². The first-order valence-corrected chi connectivity index (χ1v) is 9.02. The molecule has 2 heterocycles. The van der Waals surface area contributed by atoms with E-state index in [1.165, 1.54) is 4.57 Å². The molecular weight excluding hydrogens is 316 g/mol. The first-order valence-electron chi connectivity index (χ1n) is 9.02. The Morgan fingerprint density at radius 2 is 2.12 bits per heavy atom. The van der Waals surface area contributed by atoms with Crippen molar-refractivity contribution in [2.75, 3.05) is 13.2 Å². The van der Waals surface area contributed by atoms with E-state index in [1.54, 1.807) is 12.3 Å². The van der Waals surface area contributed by atoms with Crippen LogP contribution in [0.4, 0.5) is 0 Å². The number of pyridine rings is 1. The highest BCUT2D eigenvalue weighted by molar-refractivity contribution is 5.82. The summed E-state index contributed by atoms with van der Waals surface area (Å²) >= 11 is 0. The van der Waals surface area contributed by atoms with E-state index in [2.05, 4.69) is 19.2 Å². The predicted molar refractivity (Wildman–Crippen MR) is 98.5 cm³/mol. The van der Waals surface area contributed by atoms with Gasteiger partial charge in [0.1, 0.15) is 6.54 Å². The van der Waals surface area contributed by atoms with Crippen LogP contribution in [-0.4, -0.2) is 29.7 Å². The van der Waals surface area contributed by atoms with E-state index < -0.39 is 0 Å². The van der Waals surface area contributed by atoms with Gasteiger partial charge >= 0.3 is 0 Å². The van der Waals surface area contributed by atoms with Crippen LogP contribution in [0, 0.1) is 11.8 Å². The van der Waals surface area contributed by atoms with E-state index in [1.807, 2.05) is 24.3 Å². The summed E-state index contributed by atoms with van der Waals surface area (Å²) in [5.41, 5.74) is -0.130. The normalized spacial score (nSPS) is 20.8. The van der Waals surface area contributed by atoms with Gasteiger partial charge < -0.3 is 14.6 Å². The number of nitrogens with one attached hydrogen (secondary N) is 1. The molecule has 1 aliphatic rings. The fourth-order valence-electron chi connectivity index (χ4n) is 3.63. The van der Waals surface area contributed by atoms with E-state index in [4.69, 9.17) is 4.74 Å². The standard InChI is InChI=1S/C20H26N2O3/c1-14(2)19-16(7-5-11-25-19)12-21-18(23)13-22-10-9-15-6-3-4-8-17(15)20(22)24/h3-4,6,8-10,14,16,19H,5,7,11-13H2,1-2H3,(H,21,23)/t16-,19-/m0/s1. The second kappa shape index (κ2) is 7.83. The minimum atomic E-state index is -0.134. The molecule has 0 radical (unpaired) electrons. The maximum Gasteiger partial charge on any atom is 0.258 e. The summed E-state index contributed by atoms with van der Waals surface area (Å²) in [5.74, 6) is 0.641. The lowest BCUT2D eigenvalue weighted by atomic mass is 9.87. The van der Waals surface area contributed by atoms with Gasteiger partial charge in [-0.05, 0) is 36.3 Å². The number of hydrogen-bond acceptors (Lipinski definition) is 3. The van der Waals surface area contributed by atoms with E-state index in [0.717, 1.165) is 24.8 Å². The molecule has 0 unspecified atom stereocenters. The van der Waals surface area contributed by atoms with Gasteiger partial charge in [0.25, 0.3) is 5.56 Å². The molecule has 1 aromatic carbocycles. The third-order valence-electron chi connectivity index (χ3n) is 4.91. The number of carbonyl (C=O) groups is 1. The molecule has 134 valence electrons. The largest absolute Gasteiger partial charge is 0.378 e. The highest BCUT2D eigenvalue weighted by Crippen LogP contribution is 2.25. The Labute approximate surface area is 148 Å². The molecular formula is C20H26N2O3. The van der Waals surface area contributed by atoms with E-state index >= 15 is 0 Å². The maximum atomic E-state index is 12.5. The van der Waals surface area contributed by atoms with Crippen LogP contribution in [0.15, 0.2) is 41.3 Å². The summed E-state index contributed by atoms with van der Waals surface area (Å²) in [6.07, 6.45) is 3.98.